The zero-order valence-electron chi connectivity index (χ0n) is 19.2. The Bertz CT molecular complexity index is 1900. The van der Waals surface area contributed by atoms with Crippen LogP contribution in [0.15, 0.2) is 87.7 Å². The number of fused-ring (bicyclic) bond motifs is 8. The average molecular weight is 443 g/mol. The van der Waals surface area contributed by atoms with E-state index in [2.05, 4.69) is 61.5 Å². The Labute approximate surface area is 196 Å². The van der Waals surface area contributed by atoms with Crippen LogP contribution >= 0.6 is 0 Å². The predicted octanol–water partition coefficient (Wildman–Crippen LogP) is 8.93. The highest BCUT2D eigenvalue weighted by Crippen LogP contribution is 2.43. The fourth-order valence-corrected chi connectivity index (χ4v) is 5.26. The Balaban J connectivity index is 1.68. The summed E-state index contributed by atoms with van der Waals surface area (Å²) >= 11 is 0. The topological polar surface area (TPSA) is 35.5 Å². The van der Waals surface area contributed by atoms with Crippen LogP contribution in [0.3, 0.4) is 0 Å². The average Bonchev–Trinajstić information content (AvgIpc) is 3.38. The Morgan fingerprint density at radius 2 is 1.44 bits per heavy atom. The molecule has 0 saturated heterocycles. The third kappa shape index (κ3) is 2.58. The molecule has 164 valence electrons. The lowest BCUT2D eigenvalue weighted by atomic mass is 9.91. The van der Waals surface area contributed by atoms with Gasteiger partial charge in [-0.3, -0.25) is 0 Å². The van der Waals surface area contributed by atoms with Crippen molar-refractivity contribution >= 4 is 54.5 Å². The number of ether oxygens (including phenoxy) is 1. The summed E-state index contributed by atoms with van der Waals surface area (Å²) in [7, 11) is 1.69. The number of furan rings is 2. The second-order valence-electron chi connectivity index (χ2n) is 8.97. The number of hydrogen-bond donors (Lipinski definition) is 0. The molecule has 0 bridgehead atoms. The molecule has 2 heterocycles. The molecule has 0 fully saturated rings. The molecule has 5 aromatic carbocycles. The van der Waals surface area contributed by atoms with Crippen LogP contribution in [0.1, 0.15) is 11.3 Å². The van der Waals surface area contributed by atoms with Gasteiger partial charge in [-0.15, -0.1) is 0 Å². The van der Waals surface area contributed by atoms with Gasteiger partial charge in [0.05, 0.1) is 7.11 Å². The van der Waals surface area contributed by atoms with Crippen molar-refractivity contribution in [3.8, 4) is 16.9 Å². The first-order valence-corrected chi connectivity index (χ1v) is 11.5. The molecule has 0 aliphatic heterocycles. The first kappa shape index (κ1) is 19.2. The molecule has 3 heteroatoms. The van der Waals surface area contributed by atoms with Crippen molar-refractivity contribution in [2.24, 2.45) is 0 Å². The van der Waals surface area contributed by atoms with Crippen molar-refractivity contribution < 1.29 is 13.6 Å². The fraction of sp³-hybridized carbons (Fsp3) is 0.0968. The summed E-state index contributed by atoms with van der Waals surface area (Å²) in [6.45, 7) is 4.17. The lowest BCUT2D eigenvalue weighted by Crippen LogP contribution is -1.87. The minimum Gasteiger partial charge on any atom is -0.497 e. The number of methoxy groups -OCH3 is 1. The Hall–Kier alpha value is -4.24. The Morgan fingerprint density at radius 3 is 2.26 bits per heavy atom. The van der Waals surface area contributed by atoms with Crippen LogP contribution in [0.25, 0.3) is 65.6 Å². The van der Waals surface area contributed by atoms with E-state index in [4.69, 9.17) is 13.6 Å². The molecule has 2 aromatic heterocycles. The zero-order chi connectivity index (χ0) is 23.0. The van der Waals surface area contributed by atoms with Gasteiger partial charge in [-0.1, -0.05) is 42.5 Å². The Kier molecular flexibility index (Phi) is 3.89. The summed E-state index contributed by atoms with van der Waals surface area (Å²) < 4.78 is 18.0. The number of benzene rings is 5. The molecular weight excluding hydrogens is 420 g/mol. The highest BCUT2D eigenvalue weighted by molar-refractivity contribution is 6.25. The minimum atomic E-state index is 0.845. The zero-order valence-corrected chi connectivity index (χ0v) is 19.2. The summed E-state index contributed by atoms with van der Waals surface area (Å²) in [6, 6.07) is 27.6. The molecule has 0 amide bonds. The predicted molar refractivity (Wildman–Crippen MR) is 140 cm³/mol. The van der Waals surface area contributed by atoms with Gasteiger partial charge in [0, 0.05) is 21.5 Å². The summed E-state index contributed by atoms with van der Waals surface area (Å²) in [5, 5.41) is 8.03. The van der Waals surface area contributed by atoms with Crippen LogP contribution in [-0.4, -0.2) is 7.11 Å². The van der Waals surface area contributed by atoms with Gasteiger partial charge in [-0.05, 0) is 83.1 Å². The van der Waals surface area contributed by atoms with E-state index in [0.717, 1.165) is 66.3 Å². The molecule has 7 aromatic rings. The Morgan fingerprint density at radius 1 is 0.647 bits per heavy atom. The third-order valence-corrected chi connectivity index (χ3v) is 7.15. The molecular formula is C31H22O3. The van der Waals surface area contributed by atoms with Gasteiger partial charge < -0.3 is 13.6 Å². The van der Waals surface area contributed by atoms with Gasteiger partial charge >= 0.3 is 0 Å². The van der Waals surface area contributed by atoms with Crippen molar-refractivity contribution in [2.75, 3.05) is 7.11 Å². The van der Waals surface area contributed by atoms with Crippen molar-refractivity contribution in [1.29, 1.82) is 0 Å². The molecule has 0 N–H and O–H groups in total. The SMILES string of the molecule is COc1ccc(-c2cc3cc4oc5ccccc5c4cc3c3c2ccc2c(C)c(C)oc23)cc1. The van der Waals surface area contributed by atoms with Gasteiger partial charge in [-0.2, -0.15) is 0 Å². The van der Waals surface area contributed by atoms with Crippen LogP contribution in [0.2, 0.25) is 0 Å². The van der Waals surface area contributed by atoms with Gasteiger partial charge in [-0.25, -0.2) is 0 Å². The molecule has 0 saturated carbocycles. The first-order valence-electron chi connectivity index (χ1n) is 11.5. The molecule has 0 radical (unpaired) electrons. The van der Waals surface area contributed by atoms with Crippen LogP contribution < -0.4 is 4.74 Å². The molecule has 7 rings (SSSR count). The molecule has 0 unspecified atom stereocenters. The van der Waals surface area contributed by atoms with Crippen LogP contribution in [0.4, 0.5) is 0 Å². The van der Waals surface area contributed by atoms with E-state index in [0.29, 0.717) is 0 Å². The molecule has 34 heavy (non-hydrogen) atoms. The van der Waals surface area contributed by atoms with Gasteiger partial charge in [0.2, 0.25) is 0 Å². The van der Waals surface area contributed by atoms with Crippen LogP contribution in [0.5, 0.6) is 5.75 Å². The largest absolute Gasteiger partial charge is 0.497 e. The van der Waals surface area contributed by atoms with E-state index < -0.39 is 0 Å². The molecule has 0 aliphatic carbocycles. The summed E-state index contributed by atoms with van der Waals surface area (Å²) in [5.41, 5.74) is 6.23. The second-order valence-corrected chi connectivity index (χ2v) is 8.97. The van der Waals surface area contributed by atoms with Crippen LogP contribution in [-0.2, 0) is 0 Å². The van der Waals surface area contributed by atoms with E-state index in [1.165, 1.54) is 16.3 Å². The van der Waals surface area contributed by atoms with E-state index in [9.17, 15) is 0 Å². The summed E-state index contributed by atoms with van der Waals surface area (Å²) in [4.78, 5) is 0. The smallest absolute Gasteiger partial charge is 0.143 e. The van der Waals surface area contributed by atoms with Crippen LogP contribution in [0, 0.1) is 13.8 Å². The third-order valence-electron chi connectivity index (χ3n) is 7.15. The van der Waals surface area contributed by atoms with Gasteiger partial charge in [0.15, 0.2) is 0 Å². The standard InChI is InChI=1S/C31H22O3/c1-17-18(2)33-31-22(17)12-13-24-25(19-8-10-21(32-3)11-9-19)14-20-15-29-27(16-26(20)30(24)31)23-6-4-5-7-28(23)34-29/h4-16H,1-3H3. The molecule has 0 atom stereocenters. The van der Waals surface area contributed by atoms with Crippen molar-refractivity contribution in [3.05, 3.63) is 90.2 Å². The van der Waals surface area contributed by atoms with E-state index in [1.54, 1.807) is 7.11 Å². The highest BCUT2D eigenvalue weighted by atomic mass is 16.5. The van der Waals surface area contributed by atoms with Gasteiger partial charge in [0.25, 0.3) is 0 Å². The summed E-state index contributed by atoms with van der Waals surface area (Å²) in [5.74, 6) is 1.80. The fourth-order valence-electron chi connectivity index (χ4n) is 5.26. The maximum Gasteiger partial charge on any atom is 0.143 e. The van der Waals surface area contributed by atoms with E-state index in [1.807, 2.05) is 31.2 Å². The molecule has 3 nitrogen and oxygen atoms in total. The van der Waals surface area contributed by atoms with E-state index >= 15 is 0 Å². The number of aryl methyl sites for hydroxylation is 2. The minimum absolute atomic E-state index is 0.845. The highest BCUT2D eigenvalue weighted by Gasteiger charge is 2.18. The number of hydrogen-bond acceptors (Lipinski definition) is 3. The van der Waals surface area contributed by atoms with Crippen molar-refractivity contribution in [1.82, 2.24) is 0 Å². The lowest BCUT2D eigenvalue weighted by Gasteiger charge is -2.12. The summed E-state index contributed by atoms with van der Waals surface area (Å²) in [6.07, 6.45) is 0. The first-order chi connectivity index (χ1) is 16.6. The number of para-hydroxylation sites is 1. The normalized spacial score (nSPS) is 12.0. The maximum absolute atomic E-state index is 6.39. The monoisotopic (exact) mass is 442 g/mol. The second kappa shape index (κ2) is 6.88. The van der Waals surface area contributed by atoms with Crippen molar-refractivity contribution in [3.63, 3.8) is 0 Å². The number of rotatable bonds is 2. The quantitative estimate of drug-likeness (QED) is 0.251. The lowest BCUT2D eigenvalue weighted by molar-refractivity contribution is 0.415. The molecule has 0 spiro atoms. The van der Waals surface area contributed by atoms with Crippen molar-refractivity contribution in [2.45, 2.75) is 13.8 Å². The van der Waals surface area contributed by atoms with E-state index in [-0.39, 0.29) is 0 Å². The molecule has 0 aliphatic rings. The van der Waals surface area contributed by atoms with Gasteiger partial charge in [0.1, 0.15) is 28.3 Å². The maximum atomic E-state index is 6.39.